The number of hydrogen-bond donors (Lipinski definition) is 2. The topological polar surface area (TPSA) is 48.9 Å². The number of ether oxygens (including phenoxy) is 1. The van der Waals surface area contributed by atoms with E-state index in [1.54, 1.807) is 0 Å². The largest absolute Gasteiger partial charge is 0.373 e. The Labute approximate surface area is 193 Å². The molecule has 162 valence electrons. The summed E-state index contributed by atoms with van der Waals surface area (Å²) in [4.78, 5) is 7.55. The zero-order chi connectivity index (χ0) is 19.3. The van der Waals surface area contributed by atoms with Crippen molar-refractivity contribution in [2.75, 3.05) is 13.1 Å². The van der Waals surface area contributed by atoms with E-state index >= 15 is 0 Å². The van der Waals surface area contributed by atoms with Crippen molar-refractivity contribution in [3.8, 4) is 0 Å². The lowest BCUT2D eigenvalue weighted by Gasteiger charge is -2.33. The summed E-state index contributed by atoms with van der Waals surface area (Å²) in [5.74, 6) is 0.921. The highest BCUT2D eigenvalue weighted by Gasteiger charge is 2.41. The summed E-state index contributed by atoms with van der Waals surface area (Å²) < 4.78 is 5.99. The van der Waals surface area contributed by atoms with E-state index < -0.39 is 0 Å². The quantitative estimate of drug-likeness (QED) is 0.343. The normalized spacial score (nSPS) is 29.5. The summed E-state index contributed by atoms with van der Waals surface area (Å²) in [5, 5.41) is 7.05. The van der Waals surface area contributed by atoms with Crippen molar-refractivity contribution in [3.05, 3.63) is 35.4 Å². The molecule has 2 N–H and O–H groups in total. The maximum atomic E-state index is 5.99. The lowest BCUT2D eigenvalue weighted by Crippen LogP contribution is -2.47. The van der Waals surface area contributed by atoms with Gasteiger partial charge in [-0.05, 0) is 63.6 Å². The van der Waals surface area contributed by atoms with Gasteiger partial charge in [-0.15, -0.1) is 24.0 Å². The van der Waals surface area contributed by atoms with Crippen molar-refractivity contribution in [3.63, 3.8) is 0 Å². The minimum atomic E-state index is 0. The molecule has 0 aliphatic carbocycles. The molecule has 1 aromatic carbocycles. The number of rotatable bonds is 6. The number of nitrogens with zero attached hydrogens (tertiary/aromatic N) is 2. The van der Waals surface area contributed by atoms with Crippen LogP contribution < -0.4 is 10.6 Å². The van der Waals surface area contributed by atoms with Gasteiger partial charge in [-0.2, -0.15) is 0 Å². The molecule has 3 aliphatic heterocycles. The second-order valence-corrected chi connectivity index (χ2v) is 8.64. The third kappa shape index (κ3) is 5.85. The molecule has 4 atom stereocenters. The second-order valence-electron chi connectivity index (χ2n) is 8.64. The molecular formula is C23H37IN4O. The van der Waals surface area contributed by atoms with Crippen molar-refractivity contribution in [1.82, 2.24) is 15.5 Å². The SMILES string of the molecule is CCNC(=NCc1ccccc1CN1CCCCC1C)NC1CC2CCC1O2.I. The molecule has 0 aromatic heterocycles. The van der Waals surface area contributed by atoms with Crippen molar-refractivity contribution in [2.24, 2.45) is 4.99 Å². The van der Waals surface area contributed by atoms with Crippen molar-refractivity contribution in [2.45, 2.75) is 89.8 Å². The summed E-state index contributed by atoms with van der Waals surface area (Å²) in [5.41, 5.74) is 2.75. The Morgan fingerprint density at radius 3 is 2.69 bits per heavy atom. The van der Waals surface area contributed by atoms with Crippen LogP contribution in [0.15, 0.2) is 29.3 Å². The number of piperidine rings is 1. The third-order valence-electron chi connectivity index (χ3n) is 6.61. The number of likely N-dealkylation sites (tertiary alicyclic amines) is 1. The van der Waals surface area contributed by atoms with Crippen LogP contribution in [0.5, 0.6) is 0 Å². The van der Waals surface area contributed by atoms with Crippen LogP contribution in [0.1, 0.15) is 63.5 Å². The predicted octanol–water partition coefficient (Wildman–Crippen LogP) is 4.05. The molecule has 0 spiro atoms. The summed E-state index contributed by atoms with van der Waals surface area (Å²) >= 11 is 0. The summed E-state index contributed by atoms with van der Waals surface area (Å²) in [6.07, 6.45) is 8.34. The van der Waals surface area contributed by atoms with Crippen LogP contribution in [0.4, 0.5) is 0 Å². The summed E-state index contributed by atoms with van der Waals surface area (Å²) in [6.45, 7) is 8.34. The van der Waals surface area contributed by atoms with E-state index in [4.69, 9.17) is 9.73 Å². The smallest absolute Gasteiger partial charge is 0.191 e. The lowest BCUT2D eigenvalue weighted by molar-refractivity contribution is 0.0992. The highest BCUT2D eigenvalue weighted by molar-refractivity contribution is 14.0. The van der Waals surface area contributed by atoms with Gasteiger partial charge in [0, 0.05) is 19.1 Å². The van der Waals surface area contributed by atoms with Gasteiger partial charge < -0.3 is 15.4 Å². The molecule has 3 aliphatic rings. The highest BCUT2D eigenvalue weighted by Crippen LogP contribution is 2.34. The predicted molar refractivity (Wildman–Crippen MR) is 130 cm³/mol. The van der Waals surface area contributed by atoms with Gasteiger partial charge in [0.15, 0.2) is 5.96 Å². The average molecular weight is 512 g/mol. The van der Waals surface area contributed by atoms with Crippen molar-refractivity contribution >= 4 is 29.9 Å². The summed E-state index contributed by atoms with van der Waals surface area (Å²) in [6, 6.07) is 9.89. The highest BCUT2D eigenvalue weighted by atomic mass is 127. The van der Waals surface area contributed by atoms with Crippen LogP contribution in [0.3, 0.4) is 0 Å². The molecule has 4 rings (SSSR count). The standard InChI is InChI=1S/C23H36N4O.HI/c1-3-24-23(26-21-14-20-11-12-22(21)28-20)25-15-18-9-4-5-10-19(18)16-27-13-7-6-8-17(27)2;/h4-5,9-10,17,20-22H,3,6-8,11-16H2,1-2H3,(H2,24,25,26);1H. The molecule has 29 heavy (non-hydrogen) atoms. The van der Waals surface area contributed by atoms with Crippen molar-refractivity contribution < 1.29 is 4.74 Å². The fraction of sp³-hybridized carbons (Fsp3) is 0.696. The minimum absolute atomic E-state index is 0. The maximum absolute atomic E-state index is 5.99. The molecule has 5 nitrogen and oxygen atoms in total. The van der Waals surface area contributed by atoms with Gasteiger partial charge in [-0.1, -0.05) is 30.7 Å². The third-order valence-corrected chi connectivity index (χ3v) is 6.61. The molecule has 0 saturated carbocycles. The number of nitrogens with one attached hydrogen (secondary N) is 2. The van der Waals surface area contributed by atoms with Crippen LogP contribution in [0, 0.1) is 0 Å². The molecule has 1 aromatic rings. The number of fused-ring (bicyclic) bond motifs is 2. The van der Waals surface area contributed by atoms with Crippen LogP contribution >= 0.6 is 24.0 Å². The molecule has 4 unspecified atom stereocenters. The summed E-state index contributed by atoms with van der Waals surface area (Å²) in [7, 11) is 0. The van der Waals surface area contributed by atoms with E-state index in [0.29, 0.717) is 24.3 Å². The lowest BCUT2D eigenvalue weighted by atomic mass is 9.96. The van der Waals surface area contributed by atoms with E-state index in [1.165, 1.54) is 49.8 Å². The van der Waals surface area contributed by atoms with Crippen LogP contribution in [0.25, 0.3) is 0 Å². The molecule has 3 heterocycles. The molecule has 0 amide bonds. The Hall–Kier alpha value is -0.860. The molecule has 6 heteroatoms. The Kier molecular flexibility index (Phi) is 8.62. The fourth-order valence-corrected chi connectivity index (χ4v) is 4.93. The molecule has 3 fully saturated rings. The molecule has 2 bridgehead atoms. The molecular weight excluding hydrogens is 475 g/mol. The van der Waals surface area contributed by atoms with Crippen LogP contribution in [0.2, 0.25) is 0 Å². The van der Waals surface area contributed by atoms with Crippen LogP contribution in [-0.4, -0.2) is 48.2 Å². The van der Waals surface area contributed by atoms with Crippen LogP contribution in [-0.2, 0) is 17.8 Å². The number of aliphatic imine (C=N–C) groups is 1. The zero-order valence-corrected chi connectivity index (χ0v) is 20.2. The van der Waals surface area contributed by atoms with E-state index in [1.807, 2.05) is 0 Å². The van der Waals surface area contributed by atoms with Gasteiger partial charge in [0.1, 0.15) is 0 Å². The Balaban J connectivity index is 0.00000240. The van der Waals surface area contributed by atoms with E-state index in [9.17, 15) is 0 Å². The Bertz CT molecular complexity index is 683. The minimum Gasteiger partial charge on any atom is -0.373 e. The van der Waals surface area contributed by atoms with E-state index in [-0.39, 0.29) is 24.0 Å². The maximum Gasteiger partial charge on any atom is 0.191 e. The first-order chi connectivity index (χ1) is 13.7. The van der Waals surface area contributed by atoms with E-state index in [2.05, 4.69) is 53.6 Å². The first-order valence-electron chi connectivity index (χ1n) is 11.2. The van der Waals surface area contributed by atoms with Crippen molar-refractivity contribution in [1.29, 1.82) is 0 Å². The fourth-order valence-electron chi connectivity index (χ4n) is 4.93. The van der Waals surface area contributed by atoms with Gasteiger partial charge in [0.2, 0.25) is 0 Å². The van der Waals surface area contributed by atoms with Gasteiger partial charge in [-0.3, -0.25) is 4.90 Å². The molecule has 0 radical (unpaired) electrons. The first-order valence-corrected chi connectivity index (χ1v) is 11.2. The van der Waals surface area contributed by atoms with E-state index in [0.717, 1.165) is 32.0 Å². The van der Waals surface area contributed by atoms with Gasteiger partial charge in [0.05, 0.1) is 24.8 Å². The second kappa shape index (κ2) is 11.0. The first kappa shape index (κ1) is 22.8. The number of hydrogen-bond acceptors (Lipinski definition) is 3. The van der Waals surface area contributed by atoms with Gasteiger partial charge >= 0.3 is 0 Å². The number of benzene rings is 1. The zero-order valence-electron chi connectivity index (χ0n) is 17.9. The Morgan fingerprint density at radius 1 is 1.17 bits per heavy atom. The van der Waals surface area contributed by atoms with Gasteiger partial charge in [0.25, 0.3) is 0 Å². The monoisotopic (exact) mass is 512 g/mol. The average Bonchev–Trinajstić information content (AvgIpc) is 3.32. The van der Waals surface area contributed by atoms with Gasteiger partial charge in [-0.25, -0.2) is 4.99 Å². The number of guanidine groups is 1. The number of halogens is 1. The molecule has 3 saturated heterocycles. The Morgan fingerprint density at radius 2 is 2.00 bits per heavy atom.